The molecule has 0 fully saturated rings. The molecule has 0 saturated carbocycles. The number of hydrogen-bond acceptors (Lipinski definition) is 4. The predicted octanol–water partition coefficient (Wildman–Crippen LogP) is 5.10. The summed E-state index contributed by atoms with van der Waals surface area (Å²) in [6.07, 6.45) is 0.853. The fourth-order valence-electron chi connectivity index (χ4n) is 3.09. The van der Waals surface area contributed by atoms with Crippen molar-refractivity contribution in [3.05, 3.63) is 94.6 Å². The maximum absolute atomic E-state index is 10.4. The maximum Gasteiger partial charge on any atom is 0.190 e. The number of aromatic nitrogens is 1. The van der Waals surface area contributed by atoms with Crippen molar-refractivity contribution in [3.8, 4) is 22.8 Å². The SMILES string of the molecule is Oc1ccc(-c2csc(=Nc3ccccc3)n2CCc2ccccc2)c(O)c1. The molecule has 0 saturated heterocycles. The van der Waals surface area contributed by atoms with E-state index in [-0.39, 0.29) is 11.5 Å². The number of phenolic OH excluding ortho intramolecular Hbond substituents is 2. The van der Waals surface area contributed by atoms with E-state index in [0.29, 0.717) is 5.56 Å². The first-order valence-corrected chi connectivity index (χ1v) is 9.93. The fraction of sp³-hybridized carbons (Fsp3) is 0.0870. The largest absolute Gasteiger partial charge is 0.508 e. The minimum Gasteiger partial charge on any atom is -0.508 e. The Kier molecular flexibility index (Phi) is 5.26. The summed E-state index contributed by atoms with van der Waals surface area (Å²) in [6.45, 7) is 0.731. The zero-order valence-corrected chi connectivity index (χ0v) is 16.0. The Labute approximate surface area is 167 Å². The second-order valence-electron chi connectivity index (χ2n) is 6.44. The van der Waals surface area contributed by atoms with E-state index in [1.807, 2.05) is 53.9 Å². The van der Waals surface area contributed by atoms with E-state index in [4.69, 9.17) is 4.99 Å². The van der Waals surface area contributed by atoms with Gasteiger partial charge in [-0.25, -0.2) is 4.99 Å². The monoisotopic (exact) mass is 388 g/mol. The van der Waals surface area contributed by atoms with Gasteiger partial charge in [0, 0.05) is 23.6 Å². The molecule has 2 N–H and O–H groups in total. The van der Waals surface area contributed by atoms with E-state index < -0.39 is 0 Å². The molecule has 0 aliphatic carbocycles. The highest BCUT2D eigenvalue weighted by Crippen LogP contribution is 2.32. The van der Waals surface area contributed by atoms with Gasteiger partial charge < -0.3 is 14.8 Å². The molecule has 28 heavy (non-hydrogen) atoms. The summed E-state index contributed by atoms with van der Waals surface area (Å²) in [4.78, 5) is 5.66. The van der Waals surface area contributed by atoms with Crippen LogP contribution in [-0.4, -0.2) is 14.8 Å². The number of thiazole rings is 1. The molecule has 0 aliphatic rings. The summed E-state index contributed by atoms with van der Waals surface area (Å²) in [6, 6.07) is 24.8. The summed E-state index contributed by atoms with van der Waals surface area (Å²) in [7, 11) is 0. The summed E-state index contributed by atoms with van der Waals surface area (Å²) >= 11 is 1.54. The lowest BCUT2D eigenvalue weighted by Crippen LogP contribution is -2.17. The van der Waals surface area contributed by atoms with E-state index >= 15 is 0 Å². The minimum atomic E-state index is 0.0431. The van der Waals surface area contributed by atoms with Crippen LogP contribution in [0.4, 0.5) is 5.69 Å². The Morgan fingerprint density at radius 3 is 2.29 bits per heavy atom. The van der Waals surface area contributed by atoms with Crippen LogP contribution in [0, 0.1) is 0 Å². The van der Waals surface area contributed by atoms with Gasteiger partial charge in [-0.1, -0.05) is 48.5 Å². The molecule has 140 valence electrons. The average molecular weight is 388 g/mol. The highest BCUT2D eigenvalue weighted by atomic mass is 32.1. The minimum absolute atomic E-state index is 0.0431. The number of para-hydroxylation sites is 1. The van der Waals surface area contributed by atoms with Gasteiger partial charge in [0.1, 0.15) is 11.5 Å². The highest BCUT2D eigenvalue weighted by Gasteiger charge is 2.13. The molecule has 0 amide bonds. The summed E-state index contributed by atoms with van der Waals surface area (Å²) in [5.41, 5.74) is 3.69. The molecule has 4 rings (SSSR count). The van der Waals surface area contributed by atoms with Crippen LogP contribution in [0.5, 0.6) is 11.5 Å². The number of nitrogens with zero attached hydrogens (tertiary/aromatic N) is 2. The van der Waals surface area contributed by atoms with Gasteiger partial charge >= 0.3 is 0 Å². The first-order valence-electron chi connectivity index (χ1n) is 9.05. The van der Waals surface area contributed by atoms with Gasteiger partial charge in [0.05, 0.1) is 11.4 Å². The van der Waals surface area contributed by atoms with Gasteiger partial charge in [-0.3, -0.25) is 0 Å². The van der Waals surface area contributed by atoms with Crippen LogP contribution in [0.2, 0.25) is 0 Å². The third-order valence-electron chi connectivity index (χ3n) is 4.50. The Hall–Kier alpha value is -3.31. The molecule has 0 atom stereocenters. The number of rotatable bonds is 5. The number of hydrogen-bond donors (Lipinski definition) is 2. The number of aryl methyl sites for hydroxylation is 1. The molecule has 3 aromatic carbocycles. The number of benzene rings is 3. The third kappa shape index (κ3) is 4.00. The van der Waals surface area contributed by atoms with Crippen LogP contribution in [0.1, 0.15) is 5.56 Å². The summed E-state index contributed by atoms with van der Waals surface area (Å²) < 4.78 is 2.12. The molecule has 0 radical (unpaired) electrons. The van der Waals surface area contributed by atoms with Gasteiger partial charge in [0.25, 0.3) is 0 Å². The van der Waals surface area contributed by atoms with Crippen molar-refractivity contribution in [1.82, 2.24) is 4.57 Å². The third-order valence-corrected chi connectivity index (χ3v) is 5.37. The maximum atomic E-state index is 10.4. The Morgan fingerprint density at radius 2 is 1.57 bits per heavy atom. The topological polar surface area (TPSA) is 57.8 Å². The lowest BCUT2D eigenvalue weighted by molar-refractivity contribution is 0.451. The molecular weight excluding hydrogens is 368 g/mol. The van der Waals surface area contributed by atoms with Gasteiger partial charge in [0.15, 0.2) is 4.80 Å². The molecule has 0 bridgehead atoms. The molecule has 5 heteroatoms. The lowest BCUT2D eigenvalue weighted by atomic mass is 10.1. The van der Waals surface area contributed by atoms with E-state index in [9.17, 15) is 10.2 Å². The normalized spacial score (nSPS) is 11.6. The van der Waals surface area contributed by atoms with E-state index in [0.717, 1.165) is 29.1 Å². The first kappa shape index (κ1) is 18.1. The predicted molar refractivity (Wildman–Crippen MR) is 113 cm³/mol. The van der Waals surface area contributed by atoms with Crippen molar-refractivity contribution in [1.29, 1.82) is 0 Å². The molecular formula is C23H20N2O2S. The van der Waals surface area contributed by atoms with Crippen molar-refractivity contribution in [3.63, 3.8) is 0 Å². The van der Waals surface area contributed by atoms with Crippen LogP contribution >= 0.6 is 11.3 Å². The molecule has 0 aliphatic heterocycles. The molecule has 4 aromatic rings. The van der Waals surface area contributed by atoms with E-state index in [1.54, 1.807) is 12.1 Å². The highest BCUT2D eigenvalue weighted by molar-refractivity contribution is 7.07. The van der Waals surface area contributed by atoms with E-state index in [2.05, 4.69) is 16.7 Å². The zero-order valence-electron chi connectivity index (χ0n) is 15.2. The number of aromatic hydroxyl groups is 2. The smallest absolute Gasteiger partial charge is 0.190 e. The Balaban J connectivity index is 1.79. The fourth-order valence-corrected chi connectivity index (χ4v) is 4.03. The molecule has 4 nitrogen and oxygen atoms in total. The lowest BCUT2D eigenvalue weighted by Gasteiger charge is -2.11. The Morgan fingerprint density at radius 1 is 0.857 bits per heavy atom. The van der Waals surface area contributed by atoms with Crippen molar-refractivity contribution >= 4 is 17.0 Å². The first-order chi connectivity index (χ1) is 13.7. The summed E-state index contributed by atoms with van der Waals surface area (Å²) in [5, 5.41) is 22.0. The van der Waals surface area contributed by atoms with Crippen LogP contribution in [0.25, 0.3) is 11.3 Å². The molecule has 0 spiro atoms. The van der Waals surface area contributed by atoms with Gasteiger partial charge in [0.2, 0.25) is 0 Å². The molecule has 1 aromatic heterocycles. The molecule has 0 unspecified atom stereocenters. The van der Waals surface area contributed by atoms with Gasteiger partial charge in [-0.15, -0.1) is 11.3 Å². The van der Waals surface area contributed by atoms with Crippen molar-refractivity contribution in [2.75, 3.05) is 0 Å². The van der Waals surface area contributed by atoms with Crippen LogP contribution in [-0.2, 0) is 13.0 Å². The van der Waals surface area contributed by atoms with Crippen LogP contribution in [0.3, 0.4) is 0 Å². The van der Waals surface area contributed by atoms with Gasteiger partial charge in [-0.2, -0.15) is 0 Å². The summed E-state index contributed by atoms with van der Waals surface area (Å²) in [5.74, 6) is 0.0963. The van der Waals surface area contributed by atoms with E-state index in [1.165, 1.54) is 23.0 Å². The second kappa shape index (κ2) is 8.15. The van der Waals surface area contributed by atoms with Crippen LogP contribution in [0.15, 0.2) is 89.2 Å². The molecule has 1 heterocycles. The average Bonchev–Trinajstić information content (AvgIpc) is 3.10. The zero-order chi connectivity index (χ0) is 19.3. The quantitative estimate of drug-likeness (QED) is 0.499. The standard InChI is InChI=1S/C23H20N2O2S/c26-19-11-12-20(22(27)15-19)21-16-28-23(24-18-9-5-2-6-10-18)25(21)14-13-17-7-3-1-4-8-17/h1-12,15-16,26-27H,13-14H2. The Bertz CT molecular complexity index is 1130. The second-order valence-corrected chi connectivity index (χ2v) is 7.28. The van der Waals surface area contributed by atoms with Crippen molar-refractivity contribution in [2.24, 2.45) is 4.99 Å². The van der Waals surface area contributed by atoms with Crippen molar-refractivity contribution in [2.45, 2.75) is 13.0 Å². The number of phenols is 2. The van der Waals surface area contributed by atoms with Crippen molar-refractivity contribution < 1.29 is 10.2 Å². The van der Waals surface area contributed by atoms with Gasteiger partial charge in [-0.05, 0) is 36.2 Å². The van der Waals surface area contributed by atoms with Crippen LogP contribution < -0.4 is 4.80 Å².